The minimum Gasteiger partial charge on any atom is -0.311 e. The molecule has 1 heterocycles. The van der Waals surface area contributed by atoms with Crippen LogP contribution in [0, 0.1) is 0 Å². The summed E-state index contributed by atoms with van der Waals surface area (Å²) >= 11 is 0. The van der Waals surface area contributed by atoms with Gasteiger partial charge in [-0.15, -0.1) is 0 Å². The number of anilines is 3. The average Bonchev–Trinajstić information content (AvgIpc) is 3.63. The van der Waals surface area contributed by atoms with Crippen LogP contribution in [-0.2, 0) is 0 Å². The van der Waals surface area contributed by atoms with Crippen LogP contribution in [0.25, 0.3) is 71.6 Å². The van der Waals surface area contributed by atoms with Gasteiger partial charge in [-0.25, -0.2) is 0 Å². The molecule has 0 aliphatic rings. The number of benzene rings is 9. The number of aromatic nitrogens is 1. The Labute approximate surface area is 368 Å². The lowest BCUT2D eigenvalue weighted by molar-refractivity contribution is 1.19. The van der Waals surface area contributed by atoms with E-state index >= 15 is 0 Å². The summed E-state index contributed by atoms with van der Waals surface area (Å²) in [6, 6.07) is 76.7. The molecule has 10 rings (SSSR count). The van der Waals surface area contributed by atoms with Crippen molar-refractivity contribution in [1.82, 2.24) is 4.57 Å². The Bertz CT molecular complexity index is 3100. The maximum absolute atomic E-state index is 2.41. The van der Waals surface area contributed by atoms with E-state index in [-0.39, 0.29) is 0 Å². The molecule has 0 spiro atoms. The Morgan fingerprint density at radius 3 is 1.23 bits per heavy atom. The van der Waals surface area contributed by atoms with Crippen molar-refractivity contribution >= 4 is 76.2 Å². The van der Waals surface area contributed by atoms with Gasteiger partial charge in [0.2, 0.25) is 0 Å². The largest absolute Gasteiger partial charge is 0.311 e. The minimum absolute atomic E-state index is 1.11. The molecule has 0 aliphatic heterocycles. The minimum atomic E-state index is -1.37. The molecule has 0 saturated heterocycles. The number of para-hydroxylation sites is 1. The molecule has 2 nitrogen and oxygen atoms in total. The van der Waals surface area contributed by atoms with Crippen molar-refractivity contribution in [2.45, 2.75) is 39.3 Å². The normalized spacial score (nSPS) is 12.0. The van der Waals surface area contributed by atoms with Crippen LogP contribution in [0.15, 0.2) is 206 Å². The van der Waals surface area contributed by atoms with Crippen molar-refractivity contribution in [3.8, 4) is 39.1 Å². The number of hydrogen-bond donors (Lipinski definition) is 0. The molecule has 62 heavy (non-hydrogen) atoms. The molecule has 10 aromatic rings. The second-order valence-corrected chi connectivity index (χ2v) is 28.9. The Morgan fingerprint density at radius 2 is 0.726 bits per heavy atom. The fourth-order valence-corrected chi connectivity index (χ4v) is 11.3. The van der Waals surface area contributed by atoms with E-state index in [0.717, 1.165) is 17.1 Å². The number of hydrogen-bond acceptors (Lipinski definition) is 1. The van der Waals surface area contributed by atoms with Gasteiger partial charge in [0.25, 0.3) is 0 Å². The second kappa shape index (κ2) is 15.6. The smallest absolute Gasteiger partial charge is 0.0775 e. The van der Waals surface area contributed by atoms with Crippen LogP contribution in [0.5, 0.6) is 0 Å². The predicted molar refractivity (Wildman–Crippen MR) is 275 cm³/mol. The van der Waals surface area contributed by atoms with E-state index in [1.54, 1.807) is 0 Å². The van der Waals surface area contributed by atoms with E-state index in [1.807, 2.05) is 0 Å². The van der Waals surface area contributed by atoms with Crippen LogP contribution in [0.1, 0.15) is 0 Å². The lowest BCUT2D eigenvalue weighted by atomic mass is 10.0. The summed E-state index contributed by atoms with van der Waals surface area (Å²) in [4.78, 5) is 2.38. The number of nitrogens with zero attached hydrogens (tertiary/aromatic N) is 2. The van der Waals surface area contributed by atoms with Gasteiger partial charge in [0.05, 0.1) is 27.2 Å². The van der Waals surface area contributed by atoms with E-state index in [1.165, 1.54) is 82.0 Å². The first-order valence-electron chi connectivity index (χ1n) is 21.8. The molecule has 0 bridgehead atoms. The van der Waals surface area contributed by atoms with Gasteiger partial charge in [-0.2, -0.15) is 0 Å². The number of rotatable bonds is 9. The summed E-state index contributed by atoms with van der Waals surface area (Å²) in [6.07, 6.45) is 0. The summed E-state index contributed by atoms with van der Waals surface area (Å²) in [7, 11) is -2.73. The molecular formula is C58H52N2Si2. The van der Waals surface area contributed by atoms with Gasteiger partial charge in [-0.05, 0) is 111 Å². The van der Waals surface area contributed by atoms with E-state index < -0.39 is 16.1 Å². The monoisotopic (exact) mass is 832 g/mol. The van der Waals surface area contributed by atoms with Crippen molar-refractivity contribution in [2.24, 2.45) is 0 Å². The van der Waals surface area contributed by atoms with Gasteiger partial charge in [0, 0.05) is 33.5 Å². The highest BCUT2D eigenvalue weighted by molar-refractivity contribution is 6.89. The molecule has 0 unspecified atom stereocenters. The van der Waals surface area contributed by atoms with Crippen molar-refractivity contribution in [1.29, 1.82) is 0 Å². The molecular weight excluding hydrogens is 781 g/mol. The Kier molecular flexibility index (Phi) is 9.94. The summed E-state index contributed by atoms with van der Waals surface area (Å²) in [5, 5.41) is 7.97. The van der Waals surface area contributed by atoms with Crippen LogP contribution >= 0.6 is 0 Å². The van der Waals surface area contributed by atoms with E-state index in [9.17, 15) is 0 Å². The molecule has 0 amide bonds. The maximum Gasteiger partial charge on any atom is 0.0775 e. The fraction of sp³-hybridized carbons (Fsp3) is 0.103. The molecule has 1 aromatic heterocycles. The maximum atomic E-state index is 2.41. The molecule has 0 atom stereocenters. The molecule has 0 saturated carbocycles. The van der Waals surface area contributed by atoms with Gasteiger partial charge in [-0.1, -0.05) is 189 Å². The van der Waals surface area contributed by atoms with Crippen molar-refractivity contribution < 1.29 is 0 Å². The van der Waals surface area contributed by atoms with Crippen LogP contribution in [0.3, 0.4) is 0 Å². The summed E-state index contributed by atoms with van der Waals surface area (Å²) in [6.45, 7) is 14.4. The lowest BCUT2D eigenvalue weighted by Crippen LogP contribution is -2.37. The topological polar surface area (TPSA) is 8.17 Å². The summed E-state index contributed by atoms with van der Waals surface area (Å²) in [5.41, 5.74) is 14.3. The molecule has 0 N–H and O–H groups in total. The fourth-order valence-electron chi connectivity index (χ4n) is 8.93. The zero-order chi connectivity index (χ0) is 42.6. The van der Waals surface area contributed by atoms with Gasteiger partial charge in [-0.3, -0.25) is 0 Å². The molecule has 9 aromatic carbocycles. The van der Waals surface area contributed by atoms with Crippen LogP contribution < -0.4 is 15.3 Å². The molecule has 0 radical (unpaired) electrons. The summed E-state index contributed by atoms with van der Waals surface area (Å²) < 4.78 is 2.41. The highest BCUT2D eigenvalue weighted by atomic mass is 28.3. The van der Waals surface area contributed by atoms with E-state index in [2.05, 4.69) is 255 Å². The lowest BCUT2D eigenvalue weighted by Gasteiger charge is -2.26. The summed E-state index contributed by atoms with van der Waals surface area (Å²) in [5.74, 6) is 0. The first-order chi connectivity index (χ1) is 30.0. The Morgan fingerprint density at radius 1 is 0.323 bits per heavy atom. The van der Waals surface area contributed by atoms with Crippen molar-refractivity contribution in [3.63, 3.8) is 0 Å². The SMILES string of the molecule is C[Si](C)(C)c1ccc(-c2ccc(N(c3ccc(-c4ccc([Si](C)(C)C)cc4)cc3)c3ccc(-c4ccc5c(c4)c4ccccc4n5-c4ccc5ccccc5c4)cc3)cc2)cc1. The third-order valence-electron chi connectivity index (χ3n) is 12.5. The Hall–Kier alpha value is -6.73. The van der Waals surface area contributed by atoms with Crippen LogP contribution in [0.2, 0.25) is 39.3 Å². The van der Waals surface area contributed by atoms with Gasteiger partial charge in [0.15, 0.2) is 0 Å². The predicted octanol–water partition coefficient (Wildman–Crippen LogP) is 15.5. The third-order valence-corrected chi connectivity index (χ3v) is 16.7. The zero-order valence-electron chi connectivity index (χ0n) is 36.5. The van der Waals surface area contributed by atoms with Gasteiger partial charge >= 0.3 is 0 Å². The average molecular weight is 833 g/mol. The third kappa shape index (κ3) is 7.50. The molecule has 302 valence electrons. The number of fused-ring (bicyclic) bond motifs is 4. The van der Waals surface area contributed by atoms with E-state index in [4.69, 9.17) is 0 Å². The second-order valence-electron chi connectivity index (χ2n) is 18.7. The van der Waals surface area contributed by atoms with E-state index in [0.29, 0.717) is 0 Å². The highest BCUT2D eigenvalue weighted by Gasteiger charge is 2.19. The highest BCUT2D eigenvalue weighted by Crippen LogP contribution is 2.39. The van der Waals surface area contributed by atoms with Gasteiger partial charge in [0.1, 0.15) is 0 Å². The van der Waals surface area contributed by atoms with Crippen LogP contribution in [-0.4, -0.2) is 20.7 Å². The Balaban J connectivity index is 1.01. The molecule has 0 aliphatic carbocycles. The van der Waals surface area contributed by atoms with Crippen molar-refractivity contribution in [2.75, 3.05) is 4.90 Å². The standard InChI is InChI=1S/C58H52N2Si2/c1-61(2,3)53-34-22-44(23-35-53)42-15-27-49(28-16-42)59(50-29-17-43(18-30-50)45-24-36-54(37-25-45)62(4,5)6)51-31-19-46(20-32-51)48-26-38-58-56(40-48)55-13-9-10-14-57(55)60(58)52-33-21-41-11-7-8-12-47(41)39-52/h7-40H,1-6H3. The van der Waals surface area contributed by atoms with Gasteiger partial charge < -0.3 is 9.47 Å². The quantitative estimate of drug-likeness (QED) is 0.132. The first kappa shape index (κ1) is 39.4. The molecule has 4 heteroatoms. The zero-order valence-corrected chi connectivity index (χ0v) is 38.5. The first-order valence-corrected chi connectivity index (χ1v) is 28.8. The van der Waals surface area contributed by atoms with Crippen molar-refractivity contribution in [3.05, 3.63) is 206 Å². The van der Waals surface area contributed by atoms with Crippen LogP contribution in [0.4, 0.5) is 17.1 Å². The molecule has 0 fully saturated rings.